The molecule has 0 bridgehead atoms. The van der Waals surface area contributed by atoms with Gasteiger partial charge >= 0.3 is 0 Å². The van der Waals surface area contributed by atoms with E-state index in [4.69, 9.17) is 23.8 Å². The molecule has 154 valence electrons. The molecule has 1 aliphatic heterocycles. The van der Waals surface area contributed by atoms with Crippen LogP contribution in [0, 0.1) is 10.1 Å². The van der Waals surface area contributed by atoms with E-state index in [0.29, 0.717) is 32.9 Å². The Bertz CT molecular complexity index is 1040. The van der Waals surface area contributed by atoms with Crippen LogP contribution < -0.4 is 5.32 Å². The molecular formula is C20H16ClN3O4S2. The van der Waals surface area contributed by atoms with Crippen LogP contribution in [-0.2, 0) is 9.59 Å². The van der Waals surface area contributed by atoms with Gasteiger partial charge in [0, 0.05) is 35.8 Å². The van der Waals surface area contributed by atoms with E-state index in [1.165, 1.54) is 40.9 Å². The fraction of sp³-hybridized carbons (Fsp3) is 0.150. The summed E-state index contributed by atoms with van der Waals surface area (Å²) in [5, 5.41) is 13.9. The number of thioether (sulfide) groups is 1. The van der Waals surface area contributed by atoms with E-state index in [1.54, 1.807) is 12.1 Å². The molecule has 0 aliphatic carbocycles. The van der Waals surface area contributed by atoms with Crippen molar-refractivity contribution in [2.75, 3.05) is 11.9 Å². The number of non-ortho nitro benzene ring substituents is 1. The van der Waals surface area contributed by atoms with Gasteiger partial charge in [-0.1, -0.05) is 53.8 Å². The van der Waals surface area contributed by atoms with Gasteiger partial charge in [0.25, 0.3) is 11.6 Å². The Hall–Kier alpha value is -2.75. The number of nitro benzene ring substituents is 1. The van der Waals surface area contributed by atoms with Gasteiger partial charge in [-0.2, -0.15) is 0 Å². The number of carbonyl (C=O) groups excluding carboxylic acids is 2. The number of halogens is 1. The number of amides is 2. The largest absolute Gasteiger partial charge is 0.326 e. The summed E-state index contributed by atoms with van der Waals surface area (Å²) in [6.45, 7) is 0.318. The summed E-state index contributed by atoms with van der Waals surface area (Å²) < 4.78 is 0.439. The van der Waals surface area contributed by atoms with Gasteiger partial charge in [0.15, 0.2) is 0 Å². The fourth-order valence-electron chi connectivity index (χ4n) is 2.71. The average molecular weight is 462 g/mol. The number of nitrogens with one attached hydrogen (secondary N) is 1. The van der Waals surface area contributed by atoms with Crippen LogP contribution in [0.1, 0.15) is 18.4 Å². The first kappa shape index (κ1) is 21.9. The van der Waals surface area contributed by atoms with Gasteiger partial charge in [0.1, 0.15) is 4.32 Å². The monoisotopic (exact) mass is 461 g/mol. The summed E-state index contributed by atoms with van der Waals surface area (Å²) >= 11 is 12.6. The molecule has 2 aromatic rings. The standard InChI is InChI=1S/C20H16ClN3O4S2/c21-16-5-2-1-4-13(16)12-17-19(26)23(20(29)30-17)11-3-6-18(25)22-14-7-9-15(10-8-14)24(27)28/h1-2,4-5,7-10,12H,3,6,11H2,(H,22,25)/b17-12+. The van der Waals surface area contributed by atoms with E-state index >= 15 is 0 Å². The Morgan fingerprint density at radius 1 is 1.23 bits per heavy atom. The highest BCUT2D eigenvalue weighted by Gasteiger charge is 2.31. The van der Waals surface area contributed by atoms with Crippen LogP contribution in [0.25, 0.3) is 6.08 Å². The molecule has 30 heavy (non-hydrogen) atoms. The molecule has 1 heterocycles. The third-order valence-electron chi connectivity index (χ3n) is 4.21. The van der Waals surface area contributed by atoms with Gasteiger partial charge in [-0.05, 0) is 36.3 Å². The second-order valence-electron chi connectivity index (χ2n) is 6.31. The first-order valence-corrected chi connectivity index (χ1v) is 10.5. The molecule has 0 aromatic heterocycles. The predicted octanol–water partition coefficient (Wildman–Crippen LogP) is 4.87. The zero-order valence-corrected chi connectivity index (χ0v) is 17.9. The van der Waals surface area contributed by atoms with Crippen LogP contribution in [0.2, 0.25) is 5.02 Å². The molecule has 10 heteroatoms. The van der Waals surface area contributed by atoms with Crippen molar-refractivity contribution in [2.24, 2.45) is 0 Å². The van der Waals surface area contributed by atoms with Crippen molar-refractivity contribution < 1.29 is 14.5 Å². The second-order valence-corrected chi connectivity index (χ2v) is 8.39. The molecule has 0 unspecified atom stereocenters. The molecule has 1 fully saturated rings. The van der Waals surface area contributed by atoms with E-state index in [9.17, 15) is 19.7 Å². The van der Waals surface area contributed by atoms with Gasteiger partial charge in [-0.15, -0.1) is 0 Å². The van der Waals surface area contributed by atoms with Crippen molar-refractivity contribution in [3.05, 3.63) is 74.1 Å². The molecule has 7 nitrogen and oxygen atoms in total. The van der Waals surface area contributed by atoms with Gasteiger partial charge < -0.3 is 5.32 Å². The first-order valence-electron chi connectivity index (χ1n) is 8.89. The van der Waals surface area contributed by atoms with Crippen molar-refractivity contribution in [3.63, 3.8) is 0 Å². The van der Waals surface area contributed by atoms with E-state index in [0.717, 1.165) is 5.56 Å². The zero-order chi connectivity index (χ0) is 21.7. The van der Waals surface area contributed by atoms with Crippen molar-refractivity contribution in [1.29, 1.82) is 0 Å². The highest BCUT2D eigenvalue weighted by atomic mass is 35.5. The lowest BCUT2D eigenvalue weighted by atomic mass is 10.2. The van der Waals surface area contributed by atoms with Crippen LogP contribution in [0.4, 0.5) is 11.4 Å². The maximum absolute atomic E-state index is 12.6. The summed E-state index contributed by atoms with van der Waals surface area (Å²) in [7, 11) is 0. The lowest BCUT2D eigenvalue weighted by Gasteiger charge is -2.14. The zero-order valence-electron chi connectivity index (χ0n) is 15.5. The number of rotatable bonds is 7. The predicted molar refractivity (Wildman–Crippen MR) is 122 cm³/mol. The summed E-state index contributed by atoms with van der Waals surface area (Å²) in [5.41, 5.74) is 1.16. The average Bonchev–Trinajstić information content (AvgIpc) is 2.97. The molecule has 0 atom stereocenters. The molecule has 3 rings (SSSR count). The van der Waals surface area contributed by atoms with Crippen molar-refractivity contribution >= 4 is 69.2 Å². The summed E-state index contributed by atoms with van der Waals surface area (Å²) in [6.07, 6.45) is 2.31. The molecular weight excluding hydrogens is 446 g/mol. The first-order chi connectivity index (χ1) is 14.3. The minimum Gasteiger partial charge on any atom is -0.326 e. The number of nitrogens with zero attached hydrogens (tertiary/aromatic N) is 2. The lowest BCUT2D eigenvalue weighted by Crippen LogP contribution is -2.29. The minimum atomic E-state index is -0.506. The molecule has 0 saturated carbocycles. The van der Waals surface area contributed by atoms with E-state index in [-0.39, 0.29) is 23.9 Å². The fourth-order valence-corrected chi connectivity index (χ4v) is 4.20. The van der Waals surface area contributed by atoms with Crippen LogP contribution in [0.5, 0.6) is 0 Å². The molecule has 1 aliphatic rings. The number of carbonyl (C=O) groups is 2. The number of thiocarbonyl (C=S) groups is 1. The topological polar surface area (TPSA) is 92.6 Å². The van der Waals surface area contributed by atoms with E-state index in [1.807, 2.05) is 18.2 Å². The Morgan fingerprint density at radius 3 is 2.60 bits per heavy atom. The highest BCUT2D eigenvalue weighted by molar-refractivity contribution is 8.26. The Kier molecular flexibility index (Phi) is 7.20. The number of nitro groups is 1. The minimum absolute atomic E-state index is 0.0489. The van der Waals surface area contributed by atoms with Crippen molar-refractivity contribution in [2.45, 2.75) is 12.8 Å². The SMILES string of the molecule is O=C(CCCN1C(=O)/C(=C\c2ccccc2Cl)SC1=S)Nc1ccc([N+](=O)[O-])cc1. The number of hydrogen-bond acceptors (Lipinski definition) is 6. The highest BCUT2D eigenvalue weighted by Crippen LogP contribution is 2.33. The number of anilines is 1. The van der Waals surface area contributed by atoms with Crippen molar-refractivity contribution in [1.82, 2.24) is 4.90 Å². The van der Waals surface area contributed by atoms with Gasteiger partial charge in [0.05, 0.1) is 9.83 Å². The van der Waals surface area contributed by atoms with Gasteiger partial charge in [0.2, 0.25) is 5.91 Å². The lowest BCUT2D eigenvalue weighted by molar-refractivity contribution is -0.384. The molecule has 2 amide bonds. The molecule has 1 saturated heterocycles. The molecule has 2 aromatic carbocycles. The Morgan fingerprint density at radius 2 is 1.93 bits per heavy atom. The summed E-state index contributed by atoms with van der Waals surface area (Å²) in [4.78, 5) is 36.9. The third-order valence-corrected chi connectivity index (χ3v) is 5.93. The third kappa shape index (κ3) is 5.44. The van der Waals surface area contributed by atoms with Gasteiger partial charge in [-0.25, -0.2) is 0 Å². The van der Waals surface area contributed by atoms with Crippen LogP contribution in [-0.4, -0.2) is 32.5 Å². The number of hydrogen-bond donors (Lipinski definition) is 1. The van der Waals surface area contributed by atoms with Crippen LogP contribution in [0.15, 0.2) is 53.4 Å². The Balaban J connectivity index is 1.52. The van der Waals surface area contributed by atoms with Crippen LogP contribution >= 0.6 is 35.6 Å². The van der Waals surface area contributed by atoms with Crippen molar-refractivity contribution in [3.8, 4) is 0 Å². The maximum atomic E-state index is 12.6. The molecule has 0 spiro atoms. The normalized spacial score (nSPS) is 15.0. The smallest absolute Gasteiger partial charge is 0.269 e. The Labute approximate surface area is 187 Å². The molecule has 1 N–H and O–H groups in total. The van der Waals surface area contributed by atoms with Crippen LogP contribution in [0.3, 0.4) is 0 Å². The summed E-state index contributed by atoms with van der Waals surface area (Å²) in [6, 6.07) is 12.8. The van der Waals surface area contributed by atoms with E-state index in [2.05, 4.69) is 5.32 Å². The maximum Gasteiger partial charge on any atom is 0.269 e. The number of benzene rings is 2. The second kappa shape index (κ2) is 9.84. The van der Waals surface area contributed by atoms with E-state index < -0.39 is 4.92 Å². The summed E-state index contributed by atoms with van der Waals surface area (Å²) in [5.74, 6) is -0.457. The quantitative estimate of drug-likeness (QED) is 0.274. The van der Waals surface area contributed by atoms with Gasteiger partial charge in [-0.3, -0.25) is 24.6 Å². The molecule has 0 radical (unpaired) electrons.